The van der Waals surface area contributed by atoms with Gasteiger partial charge in [-0.3, -0.25) is 14.1 Å². The van der Waals surface area contributed by atoms with Crippen molar-refractivity contribution in [2.45, 2.75) is 33.2 Å². The lowest BCUT2D eigenvalue weighted by atomic mass is 9.92. The number of carbonyl (C=O) groups is 1. The molecule has 6 heteroatoms. The number of rotatable bonds is 4. The van der Waals surface area contributed by atoms with Gasteiger partial charge in [0.2, 0.25) is 0 Å². The number of carbonyl (C=O) groups excluding carboxylic acids is 1. The Morgan fingerprint density at radius 3 is 3.00 bits per heavy atom. The summed E-state index contributed by atoms with van der Waals surface area (Å²) < 4.78 is 2.19. The van der Waals surface area contributed by atoms with Gasteiger partial charge in [-0.15, -0.1) is 22.7 Å². The molecule has 0 N–H and O–H groups in total. The molecule has 4 heterocycles. The summed E-state index contributed by atoms with van der Waals surface area (Å²) in [6.45, 7) is 6.90. The number of piperidine rings is 1. The molecular weight excluding hydrogens is 338 g/mol. The van der Waals surface area contributed by atoms with Crippen LogP contribution in [0.25, 0.3) is 4.96 Å². The van der Waals surface area contributed by atoms with Crippen molar-refractivity contribution in [3.05, 3.63) is 44.9 Å². The summed E-state index contributed by atoms with van der Waals surface area (Å²) in [6, 6.07) is 2.04. The molecule has 3 aromatic rings. The molecule has 1 aliphatic rings. The molecule has 4 nitrogen and oxygen atoms in total. The van der Waals surface area contributed by atoms with E-state index in [1.165, 1.54) is 5.69 Å². The first-order valence-electron chi connectivity index (χ1n) is 8.35. The Balaban J connectivity index is 1.51. The molecule has 24 heavy (non-hydrogen) atoms. The van der Waals surface area contributed by atoms with Gasteiger partial charge in [-0.2, -0.15) is 0 Å². The van der Waals surface area contributed by atoms with Crippen molar-refractivity contribution in [1.82, 2.24) is 14.3 Å². The summed E-state index contributed by atoms with van der Waals surface area (Å²) in [6.07, 6.45) is 4.19. The zero-order valence-corrected chi connectivity index (χ0v) is 15.6. The van der Waals surface area contributed by atoms with Crippen molar-refractivity contribution in [2.24, 2.45) is 5.92 Å². The predicted octanol–water partition coefficient (Wildman–Crippen LogP) is 4.17. The minimum absolute atomic E-state index is 0.127. The number of thiazole rings is 1. The third-order valence-corrected chi connectivity index (χ3v) is 6.68. The second kappa shape index (κ2) is 6.43. The van der Waals surface area contributed by atoms with Crippen molar-refractivity contribution in [3.8, 4) is 0 Å². The van der Waals surface area contributed by atoms with Crippen LogP contribution in [0.4, 0.5) is 0 Å². The number of fused-ring (bicyclic) bond motifs is 1. The molecule has 126 valence electrons. The van der Waals surface area contributed by atoms with Gasteiger partial charge in [0.05, 0.1) is 16.3 Å². The van der Waals surface area contributed by atoms with Crippen LogP contribution < -0.4 is 0 Å². The van der Waals surface area contributed by atoms with Crippen LogP contribution in [0.1, 0.15) is 39.5 Å². The molecule has 0 spiro atoms. The molecule has 0 aliphatic carbocycles. The molecule has 1 saturated heterocycles. The van der Waals surface area contributed by atoms with E-state index in [0.717, 1.165) is 53.6 Å². The van der Waals surface area contributed by atoms with Gasteiger partial charge in [0.25, 0.3) is 0 Å². The Labute approximate surface area is 149 Å². The Morgan fingerprint density at radius 2 is 2.21 bits per heavy atom. The monoisotopic (exact) mass is 359 g/mol. The second-order valence-corrected chi connectivity index (χ2v) is 8.36. The molecule has 1 aliphatic heterocycles. The number of likely N-dealkylation sites (tertiary alicyclic amines) is 1. The van der Waals surface area contributed by atoms with Gasteiger partial charge in [0.1, 0.15) is 0 Å². The standard InChI is InChI=1S/C18H21N3OS2/c1-12-5-8-23-17(12)16(22)14-4-3-6-20(10-14)11-15-13(2)19-18-21(15)7-9-24-18/h5,7-9,14H,3-4,6,10-11H2,1-2H3/t14-/m1/s1. The maximum atomic E-state index is 12.8. The Hall–Kier alpha value is -1.50. The lowest BCUT2D eigenvalue weighted by molar-refractivity contribution is 0.0813. The fourth-order valence-electron chi connectivity index (χ4n) is 3.57. The topological polar surface area (TPSA) is 37.6 Å². The highest BCUT2D eigenvalue weighted by molar-refractivity contribution is 7.15. The average Bonchev–Trinajstić information content (AvgIpc) is 3.26. The van der Waals surface area contributed by atoms with Crippen molar-refractivity contribution < 1.29 is 4.79 Å². The van der Waals surface area contributed by atoms with Gasteiger partial charge in [-0.1, -0.05) is 0 Å². The molecule has 0 amide bonds. The molecule has 0 bridgehead atoms. The van der Waals surface area contributed by atoms with Crippen molar-refractivity contribution in [2.75, 3.05) is 13.1 Å². The van der Waals surface area contributed by atoms with E-state index < -0.39 is 0 Å². The zero-order valence-electron chi connectivity index (χ0n) is 14.0. The van der Waals surface area contributed by atoms with Crippen molar-refractivity contribution >= 4 is 33.4 Å². The van der Waals surface area contributed by atoms with Crippen LogP contribution in [0.15, 0.2) is 23.0 Å². The van der Waals surface area contributed by atoms with Crippen LogP contribution in [-0.4, -0.2) is 33.2 Å². The summed E-state index contributed by atoms with van der Waals surface area (Å²) in [4.78, 5) is 21.9. The lowest BCUT2D eigenvalue weighted by Gasteiger charge is -2.31. The first-order chi connectivity index (χ1) is 11.6. The van der Waals surface area contributed by atoms with E-state index in [1.54, 1.807) is 22.7 Å². The van der Waals surface area contributed by atoms with Crippen LogP contribution >= 0.6 is 22.7 Å². The van der Waals surface area contributed by atoms with Gasteiger partial charge in [0, 0.05) is 30.6 Å². The normalized spacial score (nSPS) is 19.2. The highest BCUT2D eigenvalue weighted by atomic mass is 32.1. The summed E-state index contributed by atoms with van der Waals surface area (Å²) in [5.41, 5.74) is 3.48. The highest BCUT2D eigenvalue weighted by Crippen LogP contribution is 2.27. The molecule has 1 fully saturated rings. The van der Waals surface area contributed by atoms with Crippen LogP contribution in [0, 0.1) is 19.8 Å². The molecule has 0 saturated carbocycles. The third-order valence-electron chi connectivity index (χ3n) is 4.90. The Bertz CT molecular complexity index is 876. The van der Waals surface area contributed by atoms with E-state index in [9.17, 15) is 4.79 Å². The highest BCUT2D eigenvalue weighted by Gasteiger charge is 2.28. The van der Waals surface area contributed by atoms with Crippen molar-refractivity contribution in [1.29, 1.82) is 0 Å². The second-order valence-electron chi connectivity index (χ2n) is 6.57. The number of aryl methyl sites for hydroxylation is 2. The largest absolute Gasteiger partial charge is 0.297 e. The third kappa shape index (κ3) is 2.83. The van der Waals surface area contributed by atoms with Gasteiger partial charge in [-0.25, -0.2) is 4.98 Å². The van der Waals surface area contributed by atoms with E-state index in [2.05, 4.69) is 32.8 Å². The van der Waals surface area contributed by atoms with E-state index in [-0.39, 0.29) is 5.92 Å². The zero-order chi connectivity index (χ0) is 16.7. The lowest BCUT2D eigenvalue weighted by Crippen LogP contribution is -2.38. The number of thiophene rings is 1. The molecule has 0 radical (unpaired) electrons. The number of ketones is 1. The molecule has 0 unspecified atom stereocenters. The predicted molar refractivity (Wildman–Crippen MR) is 99.2 cm³/mol. The average molecular weight is 360 g/mol. The Morgan fingerprint density at radius 1 is 1.33 bits per heavy atom. The summed E-state index contributed by atoms with van der Waals surface area (Å²) in [7, 11) is 0. The van der Waals surface area contributed by atoms with Crippen molar-refractivity contribution in [3.63, 3.8) is 0 Å². The fourth-order valence-corrected chi connectivity index (χ4v) is 5.29. The van der Waals surface area contributed by atoms with Gasteiger partial charge < -0.3 is 0 Å². The first kappa shape index (κ1) is 16.0. The smallest absolute Gasteiger partial charge is 0.194 e. The molecule has 0 aromatic carbocycles. The van der Waals surface area contributed by atoms with E-state index in [4.69, 9.17) is 0 Å². The van der Waals surface area contributed by atoms with Gasteiger partial charge in [0.15, 0.2) is 10.7 Å². The first-order valence-corrected chi connectivity index (χ1v) is 10.1. The fraction of sp³-hybridized carbons (Fsp3) is 0.444. The number of hydrogen-bond acceptors (Lipinski definition) is 5. The maximum absolute atomic E-state index is 12.8. The number of Topliss-reactive ketones (excluding diaryl/α,β-unsaturated/α-hetero) is 1. The van der Waals surface area contributed by atoms with Gasteiger partial charge in [-0.05, 0) is 50.2 Å². The minimum atomic E-state index is 0.127. The number of imidazole rings is 1. The Kier molecular flexibility index (Phi) is 4.28. The molecule has 3 aromatic heterocycles. The number of nitrogens with zero attached hydrogens (tertiary/aromatic N) is 3. The molecule has 1 atom stereocenters. The van der Waals surface area contributed by atoms with E-state index >= 15 is 0 Å². The van der Waals surface area contributed by atoms with Crippen LogP contribution in [0.5, 0.6) is 0 Å². The summed E-state index contributed by atoms with van der Waals surface area (Å²) in [5, 5.41) is 4.10. The minimum Gasteiger partial charge on any atom is -0.297 e. The maximum Gasteiger partial charge on any atom is 0.194 e. The molecule has 4 rings (SSSR count). The molecular formula is C18H21N3OS2. The van der Waals surface area contributed by atoms with Gasteiger partial charge >= 0.3 is 0 Å². The van der Waals surface area contributed by atoms with E-state index in [1.807, 2.05) is 18.4 Å². The summed E-state index contributed by atoms with van der Waals surface area (Å²) >= 11 is 3.25. The number of aromatic nitrogens is 2. The summed E-state index contributed by atoms with van der Waals surface area (Å²) in [5.74, 6) is 0.458. The van der Waals surface area contributed by atoms with Crippen LogP contribution in [-0.2, 0) is 6.54 Å². The van der Waals surface area contributed by atoms with Crippen LogP contribution in [0.3, 0.4) is 0 Å². The van der Waals surface area contributed by atoms with E-state index in [0.29, 0.717) is 5.78 Å². The van der Waals surface area contributed by atoms with Crippen LogP contribution in [0.2, 0.25) is 0 Å². The quantitative estimate of drug-likeness (QED) is 0.656. The number of hydrogen-bond donors (Lipinski definition) is 0. The SMILES string of the molecule is Cc1ccsc1C(=O)[C@@H]1CCCN(Cc2c(C)nc3sccn23)C1.